The molecule has 0 atom stereocenters. The maximum Gasteiger partial charge on any atom is 0.416 e. The lowest BCUT2D eigenvalue weighted by Gasteiger charge is -2.16. The van der Waals surface area contributed by atoms with Crippen LogP contribution in [-0.2, 0) is 22.4 Å². The third-order valence-electron chi connectivity index (χ3n) is 6.57. The number of benzene rings is 4. The molecule has 1 aromatic heterocycles. The molecule has 0 amide bonds. The first-order valence-electron chi connectivity index (χ1n) is 13.4. The van der Waals surface area contributed by atoms with Crippen LogP contribution in [0, 0.1) is 0 Å². The van der Waals surface area contributed by atoms with Crippen LogP contribution in [0.25, 0.3) is 21.9 Å². The molecule has 0 aliphatic carbocycles. The zero-order valence-corrected chi connectivity index (χ0v) is 25.8. The first-order chi connectivity index (χ1) is 21.7. The standard InChI is InChI=1S/C31H23F6N3O3S3/c32-30(33,34)20-16-21(31(35,36)37)18-22(17-20)40-29(44)38-13-14-39-46(41,42)28-25(12-15-45-28)24-9-3-4-10-27(24)43-26-11-5-7-19-6-1-2-8-23(19)26/h1-12,15-18,39H,13-14H2,(H2,38,40,44). The Bertz CT molecular complexity index is 1960. The van der Waals surface area contributed by atoms with Gasteiger partial charge in [0, 0.05) is 35.3 Å². The molecule has 5 rings (SSSR count). The van der Waals surface area contributed by atoms with Crippen molar-refractivity contribution in [2.45, 2.75) is 16.6 Å². The van der Waals surface area contributed by atoms with Gasteiger partial charge in [-0.05, 0) is 59.4 Å². The lowest BCUT2D eigenvalue weighted by Crippen LogP contribution is -2.36. The molecule has 3 N–H and O–H groups in total. The van der Waals surface area contributed by atoms with E-state index in [1.165, 1.54) is 0 Å². The molecule has 0 saturated carbocycles. The fourth-order valence-electron chi connectivity index (χ4n) is 4.51. The number of sulfonamides is 1. The molecule has 46 heavy (non-hydrogen) atoms. The number of anilines is 1. The second-order valence-corrected chi connectivity index (χ2v) is 13.1. The van der Waals surface area contributed by atoms with Gasteiger partial charge in [0.2, 0.25) is 0 Å². The molecule has 0 aliphatic heterocycles. The Hall–Kier alpha value is -4.18. The van der Waals surface area contributed by atoms with Crippen LogP contribution in [0.2, 0.25) is 0 Å². The van der Waals surface area contributed by atoms with Crippen LogP contribution < -0.4 is 20.1 Å². The van der Waals surface area contributed by atoms with Gasteiger partial charge < -0.3 is 15.4 Å². The number of halogens is 6. The Labute approximate surface area is 269 Å². The summed E-state index contributed by atoms with van der Waals surface area (Å²) in [6.45, 7) is -0.330. The number of nitrogens with one attached hydrogen (secondary N) is 3. The molecule has 15 heteroatoms. The topological polar surface area (TPSA) is 79.5 Å². The van der Waals surface area contributed by atoms with Gasteiger partial charge in [-0.2, -0.15) is 26.3 Å². The smallest absolute Gasteiger partial charge is 0.416 e. The molecular formula is C31H23F6N3O3S3. The van der Waals surface area contributed by atoms with Crippen LogP contribution in [0.1, 0.15) is 11.1 Å². The molecule has 0 spiro atoms. The molecule has 0 unspecified atom stereocenters. The van der Waals surface area contributed by atoms with E-state index in [4.69, 9.17) is 17.0 Å². The number of hydrogen-bond donors (Lipinski definition) is 3. The predicted molar refractivity (Wildman–Crippen MR) is 170 cm³/mol. The molecule has 240 valence electrons. The second kappa shape index (κ2) is 13.3. The third kappa shape index (κ3) is 7.78. The Morgan fingerprint density at radius 3 is 2.11 bits per heavy atom. The number of ether oxygens (including phenoxy) is 1. The van der Waals surface area contributed by atoms with Crippen LogP contribution in [0.15, 0.2) is 101 Å². The van der Waals surface area contributed by atoms with Gasteiger partial charge in [-0.25, -0.2) is 13.1 Å². The van der Waals surface area contributed by atoms with Gasteiger partial charge in [-0.3, -0.25) is 0 Å². The maximum atomic E-state index is 13.3. The fourth-order valence-corrected chi connectivity index (χ4v) is 7.19. The zero-order chi connectivity index (χ0) is 33.1. The quantitative estimate of drug-likeness (QED) is 0.0814. The van der Waals surface area contributed by atoms with Crippen molar-refractivity contribution in [3.8, 4) is 22.6 Å². The highest BCUT2D eigenvalue weighted by atomic mass is 32.2. The summed E-state index contributed by atoms with van der Waals surface area (Å²) in [4.78, 5) is 0. The minimum Gasteiger partial charge on any atom is -0.456 e. The minimum absolute atomic E-state index is 0.00340. The van der Waals surface area contributed by atoms with E-state index >= 15 is 0 Å². The fraction of sp³-hybridized carbons (Fsp3) is 0.129. The van der Waals surface area contributed by atoms with E-state index in [0.29, 0.717) is 34.8 Å². The van der Waals surface area contributed by atoms with Crippen molar-refractivity contribution in [1.29, 1.82) is 0 Å². The van der Waals surface area contributed by atoms with Crippen LogP contribution in [0.5, 0.6) is 11.5 Å². The first-order valence-corrected chi connectivity index (χ1v) is 16.2. The number of thiocarbonyl (C=S) groups is 1. The van der Waals surface area contributed by atoms with Gasteiger partial charge in [0.15, 0.2) is 5.11 Å². The molecule has 1 heterocycles. The van der Waals surface area contributed by atoms with Crippen molar-refractivity contribution < 1.29 is 39.5 Å². The number of para-hydroxylation sites is 1. The zero-order valence-electron chi connectivity index (χ0n) is 23.4. The number of hydrogen-bond acceptors (Lipinski definition) is 5. The van der Waals surface area contributed by atoms with Crippen LogP contribution in [-0.4, -0.2) is 26.6 Å². The predicted octanol–water partition coefficient (Wildman–Crippen LogP) is 8.66. The lowest BCUT2D eigenvalue weighted by molar-refractivity contribution is -0.143. The SMILES string of the molecule is O=S(=O)(NCCNC(=S)Nc1cc(C(F)(F)F)cc(C(F)(F)F)c1)c1sccc1-c1ccccc1Oc1cccc2ccccc12. The molecule has 5 aromatic rings. The van der Waals surface area contributed by atoms with Crippen molar-refractivity contribution in [2.24, 2.45) is 0 Å². The lowest BCUT2D eigenvalue weighted by atomic mass is 10.1. The summed E-state index contributed by atoms with van der Waals surface area (Å²) in [5.41, 5.74) is -2.59. The molecule has 0 aliphatic rings. The molecule has 0 bridgehead atoms. The molecule has 0 fully saturated rings. The number of thiophene rings is 1. The maximum absolute atomic E-state index is 13.3. The Kier molecular flexibility index (Phi) is 9.58. The summed E-state index contributed by atoms with van der Waals surface area (Å²) >= 11 is 6.00. The normalized spacial score (nSPS) is 12.2. The van der Waals surface area contributed by atoms with E-state index in [2.05, 4.69) is 15.4 Å². The van der Waals surface area contributed by atoms with Crippen LogP contribution in [0.4, 0.5) is 32.0 Å². The van der Waals surface area contributed by atoms with Crippen molar-refractivity contribution in [3.05, 3.63) is 108 Å². The largest absolute Gasteiger partial charge is 0.456 e. The van der Waals surface area contributed by atoms with E-state index in [1.807, 2.05) is 42.5 Å². The van der Waals surface area contributed by atoms with Crippen LogP contribution in [0.3, 0.4) is 0 Å². The average molecular weight is 696 g/mol. The summed E-state index contributed by atoms with van der Waals surface area (Å²) in [5, 5.41) is 8.05. The highest BCUT2D eigenvalue weighted by Crippen LogP contribution is 2.41. The van der Waals surface area contributed by atoms with Gasteiger partial charge in [0.25, 0.3) is 10.0 Å². The number of fused-ring (bicyclic) bond motifs is 1. The highest BCUT2D eigenvalue weighted by Gasteiger charge is 2.37. The Balaban J connectivity index is 1.25. The van der Waals surface area contributed by atoms with E-state index in [9.17, 15) is 34.8 Å². The molecule has 6 nitrogen and oxygen atoms in total. The van der Waals surface area contributed by atoms with E-state index in [1.54, 1.807) is 35.7 Å². The van der Waals surface area contributed by atoms with E-state index in [0.717, 1.165) is 22.1 Å². The summed E-state index contributed by atoms with van der Waals surface area (Å²) < 4.78 is 114. The van der Waals surface area contributed by atoms with Gasteiger partial charge in [0.05, 0.1) is 11.1 Å². The molecule has 0 radical (unpaired) electrons. The minimum atomic E-state index is -5.02. The number of alkyl halides is 6. The molecular weight excluding hydrogens is 673 g/mol. The van der Waals surface area contributed by atoms with Crippen LogP contribution >= 0.6 is 23.6 Å². The van der Waals surface area contributed by atoms with E-state index in [-0.39, 0.29) is 28.5 Å². The molecule has 4 aromatic carbocycles. The summed E-state index contributed by atoms with van der Waals surface area (Å²) in [7, 11) is -4.06. The van der Waals surface area contributed by atoms with Gasteiger partial charge in [0.1, 0.15) is 15.7 Å². The summed E-state index contributed by atoms with van der Waals surface area (Å²) in [5.74, 6) is 1.04. The first kappa shape index (κ1) is 33.2. The molecule has 0 saturated heterocycles. The highest BCUT2D eigenvalue weighted by molar-refractivity contribution is 7.91. The van der Waals surface area contributed by atoms with Gasteiger partial charge in [-0.1, -0.05) is 54.6 Å². The monoisotopic (exact) mass is 695 g/mol. The van der Waals surface area contributed by atoms with Gasteiger partial charge >= 0.3 is 12.4 Å². The van der Waals surface area contributed by atoms with E-state index < -0.39 is 39.2 Å². The Morgan fingerprint density at radius 2 is 1.39 bits per heavy atom. The van der Waals surface area contributed by atoms with Crippen molar-refractivity contribution >= 4 is 55.2 Å². The van der Waals surface area contributed by atoms with Crippen molar-refractivity contribution in [2.75, 3.05) is 18.4 Å². The number of rotatable bonds is 9. The van der Waals surface area contributed by atoms with Crippen molar-refractivity contribution in [3.63, 3.8) is 0 Å². The summed E-state index contributed by atoms with van der Waals surface area (Å²) in [6, 6.07) is 23.0. The average Bonchev–Trinajstić information content (AvgIpc) is 3.50. The summed E-state index contributed by atoms with van der Waals surface area (Å²) in [6.07, 6.45) is -10.0. The Morgan fingerprint density at radius 1 is 0.761 bits per heavy atom. The second-order valence-electron chi connectivity index (χ2n) is 9.77. The van der Waals surface area contributed by atoms with Crippen molar-refractivity contribution in [1.82, 2.24) is 10.0 Å². The van der Waals surface area contributed by atoms with Gasteiger partial charge in [-0.15, -0.1) is 11.3 Å². The third-order valence-corrected chi connectivity index (χ3v) is 9.76.